The molecule has 0 aliphatic carbocycles. The first kappa shape index (κ1) is 17.6. The highest BCUT2D eigenvalue weighted by atomic mass is 32.2. The number of pyridine rings is 1. The Balaban J connectivity index is 2.83. The molecule has 0 aromatic carbocycles. The normalized spacial score (nSPS) is 10.6. The minimum Gasteiger partial charge on any atom is -0.356 e. The Kier molecular flexibility index (Phi) is 6.00. The number of carbonyl (C=O) groups is 2. The van der Waals surface area contributed by atoms with Crippen LogP contribution in [0.4, 0.5) is 0 Å². The second-order valence-electron chi connectivity index (χ2n) is 4.39. The fraction of sp³-hybridized carbons (Fsp3) is 0.385. The smallest absolute Gasteiger partial charge is 0.269 e. The van der Waals surface area contributed by atoms with Crippen molar-refractivity contribution in [3.05, 3.63) is 23.4 Å². The maximum absolute atomic E-state index is 11.9. The van der Waals surface area contributed by atoms with E-state index in [1.807, 2.05) is 0 Å². The van der Waals surface area contributed by atoms with Crippen molar-refractivity contribution in [3.63, 3.8) is 0 Å². The van der Waals surface area contributed by atoms with Crippen LogP contribution < -0.4 is 10.6 Å². The minimum atomic E-state index is -3.72. The number of hydrogen-bond acceptors (Lipinski definition) is 6. The molecule has 2 amide bonds. The van der Waals surface area contributed by atoms with Gasteiger partial charge in [-0.05, 0) is 19.1 Å². The van der Waals surface area contributed by atoms with Gasteiger partial charge in [0.15, 0.2) is 14.9 Å². The monoisotopic (exact) mass is 324 g/mol. The molecule has 0 spiro atoms. The second-order valence-corrected chi connectivity index (χ2v) is 6.32. The van der Waals surface area contributed by atoms with Gasteiger partial charge >= 0.3 is 0 Å². The summed E-state index contributed by atoms with van der Waals surface area (Å²) >= 11 is 0. The van der Waals surface area contributed by atoms with Crippen LogP contribution in [0, 0.1) is 11.3 Å². The van der Waals surface area contributed by atoms with E-state index in [1.54, 1.807) is 13.0 Å². The van der Waals surface area contributed by atoms with Crippen molar-refractivity contribution in [1.82, 2.24) is 15.6 Å². The molecule has 0 fully saturated rings. The van der Waals surface area contributed by atoms with Gasteiger partial charge in [0.1, 0.15) is 11.8 Å². The van der Waals surface area contributed by atoms with Crippen LogP contribution in [0.25, 0.3) is 0 Å². The highest BCUT2D eigenvalue weighted by Crippen LogP contribution is 2.13. The quantitative estimate of drug-likeness (QED) is 0.733. The van der Waals surface area contributed by atoms with Gasteiger partial charge in [-0.1, -0.05) is 0 Å². The first-order chi connectivity index (χ1) is 10.3. The molecule has 0 atom stereocenters. The topological polar surface area (TPSA) is 129 Å². The van der Waals surface area contributed by atoms with Gasteiger partial charge in [0.25, 0.3) is 5.91 Å². The van der Waals surface area contributed by atoms with Gasteiger partial charge in [-0.25, -0.2) is 13.4 Å². The largest absolute Gasteiger partial charge is 0.356 e. The molecule has 0 unspecified atom stereocenters. The highest BCUT2D eigenvalue weighted by Gasteiger charge is 2.18. The maximum atomic E-state index is 11.9. The predicted octanol–water partition coefficient (Wildman–Crippen LogP) is -0.387. The molecule has 1 rings (SSSR count). The summed E-state index contributed by atoms with van der Waals surface area (Å²) < 4.78 is 23.1. The summed E-state index contributed by atoms with van der Waals surface area (Å²) in [5.74, 6) is -0.814. The van der Waals surface area contributed by atoms with E-state index >= 15 is 0 Å². The molecule has 0 saturated heterocycles. The van der Waals surface area contributed by atoms with Crippen LogP contribution in [-0.2, 0) is 14.6 Å². The molecule has 1 heterocycles. The van der Waals surface area contributed by atoms with E-state index < -0.39 is 20.8 Å². The third-order valence-corrected chi connectivity index (χ3v) is 3.59. The average molecular weight is 324 g/mol. The van der Waals surface area contributed by atoms with Gasteiger partial charge in [0.05, 0.1) is 5.56 Å². The van der Waals surface area contributed by atoms with E-state index in [4.69, 9.17) is 5.26 Å². The molecule has 0 bridgehead atoms. The molecule has 0 aliphatic rings. The van der Waals surface area contributed by atoms with Crippen molar-refractivity contribution in [3.8, 4) is 6.07 Å². The zero-order chi connectivity index (χ0) is 16.8. The number of carbonyl (C=O) groups excluding carboxylic acids is 2. The Hall–Kier alpha value is -2.47. The molecule has 9 heteroatoms. The third kappa shape index (κ3) is 4.82. The Morgan fingerprint density at radius 1 is 1.32 bits per heavy atom. The Bertz CT molecular complexity index is 722. The van der Waals surface area contributed by atoms with Crippen molar-refractivity contribution < 1.29 is 18.0 Å². The summed E-state index contributed by atoms with van der Waals surface area (Å²) in [6.07, 6.45) is 1.02. The summed E-state index contributed by atoms with van der Waals surface area (Å²) in [5, 5.41) is 13.5. The van der Waals surface area contributed by atoms with Crippen molar-refractivity contribution in [2.75, 3.05) is 19.3 Å². The fourth-order valence-electron chi connectivity index (χ4n) is 1.60. The first-order valence-corrected chi connectivity index (χ1v) is 8.34. The van der Waals surface area contributed by atoms with E-state index in [0.717, 1.165) is 6.26 Å². The van der Waals surface area contributed by atoms with E-state index in [1.165, 1.54) is 12.1 Å². The maximum Gasteiger partial charge on any atom is 0.269 e. The number of nitrogens with zero attached hydrogens (tertiary/aromatic N) is 2. The summed E-state index contributed by atoms with van der Waals surface area (Å²) in [6.45, 7) is 2.38. The molecule has 0 radical (unpaired) electrons. The number of nitriles is 1. The van der Waals surface area contributed by atoms with Crippen LogP contribution in [0.1, 0.15) is 29.4 Å². The SMILES string of the molecule is CCNC(=O)CCNC(=O)c1ccc(C#N)c(S(C)(=O)=O)n1. The van der Waals surface area contributed by atoms with Crippen molar-refractivity contribution in [2.24, 2.45) is 0 Å². The lowest BCUT2D eigenvalue weighted by molar-refractivity contribution is -0.120. The zero-order valence-electron chi connectivity index (χ0n) is 12.2. The van der Waals surface area contributed by atoms with Crippen LogP contribution >= 0.6 is 0 Å². The van der Waals surface area contributed by atoms with Gasteiger partial charge in [0, 0.05) is 25.8 Å². The van der Waals surface area contributed by atoms with Crippen LogP contribution in [0.5, 0.6) is 0 Å². The average Bonchev–Trinajstić information content (AvgIpc) is 2.45. The Morgan fingerprint density at radius 2 is 2.00 bits per heavy atom. The number of aromatic nitrogens is 1. The summed E-state index contributed by atoms with van der Waals surface area (Å²) in [6, 6.07) is 4.20. The van der Waals surface area contributed by atoms with Crippen LogP contribution in [0.2, 0.25) is 0 Å². The minimum absolute atomic E-state index is 0.0978. The van der Waals surface area contributed by atoms with Crippen molar-refractivity contribution >= 4 is 21.7 Å². The number of amides is 2. The van der Waals surface area contributed by atoms with Crippen LogP contribution in [-0.4, -0.2) is 44.6 Å². The van der Waals surface area contributed by atoms with Gasteiger partial charge in [-0.3, -0.25) is 9.59 Å². The van der Waals surface area contributed by atoms with Crippen LogP contribution in [0.3, 0.4) is 0 Å². The third-order valence-electron chi connectivity index (χ3n) is 2.58. The van der Waals surface area contributed by atoms with E-state index in [-0.39, 0.29) is 30.1 Å². The highest BCUT2D eigenvalue weighted by molar-refractivity contribution is 7.90. The molecule has 118 valence electrons. The molecular weight excluding hydrogens is 308 g/mol. The molecule has 22 heavy (non-hydrogen) atoms. The lowest BCUT2D eigenvalue weighted by Gasteiger charge is -2.07. The standard InChI is InChI=1S/C13H16N4O4S/c1-3-15-11(18)6-7-16-12(19)10-5-4-9(8-14)13(17-10)22(2,20)21/h4-5H,3,6-7H2,1-2H3,(H,15,18)(H,16,19). The molecule has 8 nitrogen and oxygen atoms in total. The molecular formula is C13H16N4O4S. The summed E-state index contributed by atoms with van der Waals surface area (Å²) in [5.41, 5.74) is -0.253. The molecule has 1 aromatic heterocycles. The molecule has 0 saturated carbocycles. The van der Waals surface area contributed by atoms with Crippen LogP contribution in [0.15, 0.2) is 17.2 Å². The molecule has 2 N–H and O–H groups in total. The second kappa shape index (κ2) is 7.51. The first-order valence-electron chi connectivity index (χ1n) is 6.45. The van der Waals surface area contributed by atoms with Gasteiger partial charge in [-0.15, -0.1) is 0 Å². The van der Waals surface area contributed by atoms with Gasteiger partial charge in [-0.2, -0.15) is 5.26 Å². The summed E-state index contributed by atoms with van der Waals surface area (Å²) in [4.78, 5) is 26.8. The lowest BCUT2D eigenvalue weighted by Crippen LogP contribution is -2.31. The fourth-order valence-corrected chi connectivity index (χ4v) is 2.38. The van der Waals surface area contributed by atoms with Gasteiger partial charge < -0.3 is 10.6 Å². The van der Waals surface area contributed by atoms with E-state index in [2.05, 4.69) is 15.6 Å². The zero-order valence-corrected chi connectivity index (χ0v) is 13.0. The Labute approximate surface area is 128 Å². The summed E-state index contributed by atoms with van der Waals surface area (Å²) in [7, 11) is -3.72. The lowest BCUT2D eigenvalue weighted by atomic mass is 10.2. The molecule has 1 aromatic rings. The Morgan fingerprint density at radius 3 is 2.55 bits per heavy atom. The van der Waals surface area contributed by atoms with Gasteiger partial charge in [0.2, 0.25) is 5.91 Å². The number of hydrogen-bond donors (Lipinski definition) is 2. The van der Waals surface area contributed by atoms with E-state index in [9.17, 15) is 18.0 Å². The number of rotatable bonds is 6. The predicted molar refractivity (Wildman–Crippen MR) is 77.7 cm³/mol. The number of nitrogens with one attached hydrogen (secondary N) is 2. The number of sulfone groups is 1. The molecule has 0 aliphatic heterocycles. The van der Waals surface area contributed by atoms with E-state index in [0.29, 0.717) is 6.54 Å². The van der Waals surface area contributed by atoms with Crippen molar-refractivity contribution in [2.45, 2.75) is 18.4 Å². The van der Waals surface area contributed by atoms with Crippen molar-refractivity contribution in [1.29, 1.82) is 5.26 Å².